The molecule has 0 saturated heterocycles. The minimum atomic E-state index is -1.66. The smallest absolute Gasteiger partial charge is 0.142 e. The van der Waals surface area contributed by atoms with Gasteiger partial charge in [0.1, 0.15) is 11.6 Å². The number of aliphatic hydroxyl groups excluding tert-OH is 1. The van der Waals surface area contributed by atoms with E-state index in [1.165, 1.54) is 0 Å². The number of rotatable bonds is 6. The Morgan fingerprint density at radius 1 is 1.44 bits per heavy atom. The van der Waals surface area contributed by atoms with Gasteiger partial charge in [0.2, 0.25) is 0 Å². The van der Waals surface area contributed by atoms with Crippen LogP contribution in [0.1, 0.15) is 12.8 Å². The first-order valence-electron chi connectivity index (χ1n) is 5.81. The van der Waals surface area contributed by atoms with Crippen LogP contribution < -0.4 is 5.32 Å². The Bertz CT molecular complexity index is 452. The second kappa shape index (κ2) is 5.86. The predicted octanol–water partition coefficient (Wildman–Crippen LogP) is 1.19. The van der Waals surface area contributed by atoms with Gasteiger partial charge in [-0.15, -0.1) is 0 Å². The zero-order chi connectivity index (χ0) is 13.1. The molecule has 0 heterocycles. The highest BCUT2D eigenvalue weighted by Gasteiger charge is 2.22. The molecule has 0 aromatic heterocycles. The molecule has 1 aromatic carbocycles. The second-order valence-electron chi connectivity index (χ2n) is 4.42. The molecule has 18 heavy (non-hydrogen) atoms. The van der Waals surface area contributed by atoms with Gasteiger partial charge in [-0.05, 0) is 25.0 Å². The van der Waals surface area contributed by atoms with Gasteiger partial charge in [-0.1, -0.05) is 0 Å². The molecule has 2 rings (SSSR count). The summed E-state index contributed by atoms with van der Waals surface area (Å²) in [5, 5.41) is 12.7. The molecule has 2 atom stereocenters. The quantitative estimate of drug-likeness (QED) is 0.820. The Kier molecular flexibility index (Phi) is 4.42. The van der Waals surface area contributed by atoms with Crippen LogP contribution in [0.15, 0.2) is 23.1 Å². The molecule has 0 aliphatic heterocycles. The topological polar surface area (TPSA) is 49.3 Å². The van der Waals surface area contributed by atoms with E-state index in [-0.39, 0.29) is 10.6 Å². The Labute approximate surface area is 107 Å². The van der Waals surface area contributed by atoms with Crippen LogP contribution in [-0.2, 0) is 10.8 Å². The molecule has 1 aromatic rings. The monoisotopic (exact) mass is 275 g/mol. The van der Waals surface area contributed by atoms with Crippen LogP contribution in [0.3, 0.4) is 0 Å². The van der Waals surface area contributed by atoms with E-state index < -0.39 is 28.5 Å². The number of halogens is 2. The number of hydrogen-bond acceptors (Lipinski definition) is 3. The van der Waals surface area contributed by atoms with Crippen molar-refractivity contribution in [2.75, 3.05) is 12.3 Å². The molecule has 0 radical (unpaired) electrons. The van der Waals surface area contributed by atoms with E-state index in [0.29, 0.717) is 18.7 Å². The van der Waals surface area contributed by atoms with Crippen LogP contribution >= 0.6 is 0 Å². The molecule has 3 nitrogen and oxygen atoms in total. The number of aliphatic hydroxyl groups is 1. The lowest BCUT2D eigenvalue weighted by Crippen LogP contribution is -2.32. The third-order valence-corrected chi connectivity index (χ3v) is 4.21. The van der Waals surface area contributed by atoms with Gasteiger partial charge in [0.05, 0.1) is 27.6 Å². The molecular weight excluding hydrogens is 260 g/mol. The first-order chi connectivity index (χ1) is 8.56. The van der Waals surface area contributed by atoms with Gasteiger partial charge in [0, 0.05) is 18.7 Å². The zero-order valence-electron chi connectivity index (χ0n) is 9.73. The van der Waals surface area contributed by atoms with Gasteiger partial charge in [0.15, 0.2) is 0 Å². The normalized spacial score (nSPS) is 18.6. The van der Waals surface area contributed by atoms with Crippen LogP contribution in [-0.4, -0.2) is 33.8 Å². The van der Waals surface area contributed by atoms with Crippen molar-refractivity contribution in [2.24, 2.45) is 0 Å². The summed E-state index contributed by atoms with van der Waals surface area (Å²) >= 11 is 0. The van der Waals surface area contributed by atoms with Gasteiger partial charge in [-0.25, -0.2) is 8.78 Å². The van der Waals surface area contributed by atoms with E-state index in [4.69, 9.17) is 0 Å². The number of nitrogens with one attached hydrogen (secondary N) is 1. The fraction of sp³-hybridized carbons (Fsp3) is 0.500. The lowest BCUT2D eigenvalue weighted by Gasteiger charge is -2.11. The average molecular weight is 275 g/mol. The fourth-order valence-corrected chi connectivity index (χ4v) is 2.72. The largest absolute Gasteiger partial charge is 0.391 e. The number of hydrogen-bond donors (Lipinski definition) is 2. The predicted molar refractivity (Wildman–Crippen MR) is 64.7 cm³/mol. The third kappa shape index (κ3) is 3.83. The van der Waals surface area contributed by atoms with Crippen LogP contribution in [0.5, 0.6) is 0 Å². The van der Waals surface area contributed by atoms with Gasteiger partial charge in [-0.3, -0.25) is 4.21 Å². The van der Waals surface area contributed by atoms with Crippen LogP contribution in [0, 0.1) is 11.6 Å². The molecule has 2 N–H and O–H groups in total. The summed E-state index contributed by atoms with van der Waals surface area (Å²) in [6, 6.07) is 3.37. The van der Waals surface area contributed by atoms with E-state index >= 15 is 0 Å². The van der Waals surface area contributed by atoms with E-state index in [1.807, 2.05) is 0 Å². The molecule has 0 bridgehead atoms. The molecule has 1 fully saturated rings. The lowest BCUT2D eigenvalue weighted by atomic mass is 10.3. The molecule has 0 spiro atoms. The van der Waals surface area contributed by atoms with Crippen molar-refractivity contribution in [1.29, 1.82) is 0 Å². The first kappa shape index (κ1) is 13.6. The molecule has 1 saturated carbocycles. The Morgan fingerprint density at radius 3 is 2.78 bits per heavy atom. The van der Waals surface area contributed by atoms with Crippen molar-refractivity contribution < 1.29 is 18.1 Å². The van der Waals surface area contributed by atoms with E-state index in [1.54, 1.807) is 0 Å². The van der Waals surface area contributed by atoms with Crippen molar-refractivity contribution in [3.63, 3.8) is 0 Å². The zero-order valence-corrected chi connectivity index (χ0v) is 10.6. The highest BCUT2D eigenvalue weighted by atomic mass is 32.2. The van der Waals surface area contributed by atoms with Crippen molar-refractivity contribution >= 4 is 10.8 Å². The molecule has 100 valence electrons. The number of benzene rings is 1. The van der Waals surface area contributed by atoms with Crippen molar-refractivity contribution in [3.8, 4) is 0 Å². The van der Waals surface area contributed by atoms with E-state index in [9.17, 15) is 18.1 Å². The van der Waals surface area contributed by atoms with Crippen molar-refractivity contribution in [3.05, 3.63) is 29.8 Å². The van der Waals surface area contributed by atoms with Crippen LogP contribution in [0.2, 0.25) is 0 Å². The second-order valence-corrected chi connectivity index (χ2v) is 5.89. The summed E-state index contributed by atoms with van der Waals surface area (Å²) in [6.45, 7) is 0.346. The third-order valence-electron chi connectivity index (χ3n) is 2.70. The van der Waals surface area contributed by atoms with E-state index in [0.717, 1.165) is 25.0 Å². The summed E-state index contributed by atoms with van der Waals surface area (Å²) in [6.07, 6.45) is 1.40. The minimum Gasteiger partial charge on any atom is -0.391 e. The van der Waals surface area contributed by atoms with Crippen molar-refractivity contribution in [1.82, 2.24) is 5.32 Å². The Hall–Kier alpha value is -0.850. The molecule has 1 aliphatic rings. The average Bonchev–Trinajstić information content (AvgIpc) is 3.09. The molecule has 6 heteroatoms. The maximum Gasteiger partial charge on any atom is 0.142 e. The standard InChI is InChI=1S/C12H15F2NO2S/c13-8-1-4-12(11(14)5-8)18(17)7-10(16)6-15-9-2-3-9/h1,4-5,9-10,15-16H,2-3,6-7H2. The summed E-state index contributed by atoms with van der Waals surface area (Å²) < 4.78 is 37.8. The molecular formula is C12H15F2NO2S. The highest BCUT2D eigenvalue weighted by Crippen LogP contribution is 2.18. The van der Waals surface area contributed by atoms with Gasteiger partial charge in [-0.2, -0.15) is 0 Å². The highest BCUT2D eigenvalue weighted by molar-refractivity contribution is 7.85. The van der Waals surface area contributed by atoms with Crippen LogP contribution in [0.4, 0.5) is 8.78 Å². The van der Waals surface area contributed by atoms with Gasteiger partial charge >= 0.3 is 0 Å². The van der Waals surface area contributed by atoms with Gasteiger partial charge in [0.25, 0.3) is 0 Å². The minimum absolute atomic E-state index is 0.0533. The molecule has 0 amide bonds. The summed E-state index contributed by atoms with van der Waals surface area (Å²) in [5.74, 6) is -1.60. The maximum atomic E-state index is 13.3. The summed E-state index contributed by atoms with van der Waals surface area (Å²) in [5.41, 5.74) is 0. The molecule has 1 aliphatic carbocycles. The van der Waals surface area contributed by atoms with Crippen molar-refractivity contribution in [2.45, 2.75) is 29.9 Å². The summed E-state index contributed by atoms with van der Waals surface area (Å²) in [4.78, 5) is -0.0677. The van der Waals surface area contributed by atoms with Gasteiger partial charge < -0.3 is 10.4 Å². The maximum absolute atomic E-state index is 13.3. The first-order valence-corrected chi connectivity index (χ1v) is 7.13. The van der Waals surface area contributed by atoms with E-state index in [2.05, 4.69) is 5.32 Å². The summed E-state index contributed by atoms with van der Waals surface area (Å²) in [7, 11) is -1.66. The molecule has 2 unspecified atom stereocenters. The fourth-order valence-electron chi connectivity index (χ4n) is 1.57. The SMILES string of the molecule is O=S(CC(O)CNC1CC1)c1ccc(F)cc1F. The lowest BCUT2D eigenvalue weighted by molar-refractivity contribution is 0.194. The Balaban J connectivity index is 1.89. The van der Waals surface area contributed by atoms with Crippen LogP contribution in [0.25, 0.3) is 0 Å². The Morgan fingerprint density at radius 2 is 2.17 bits per heavy atom.